The van der Waals surface area contributed by atoms with Crippen molar-refractivity contribution in [1.82, 2.24) is 0 Å². The zero-order chi connectivity index (χ0) is 21.1. The molecule has 0 aromatic rings. The van der Waals surface area contributed by atoms with Crippen LogP contribution >= 0.6 is 0 Å². The van der Waals surface area contributed by atoms with Crippen molar-refractivity contribution in [3.8, 4) is 0 Å². The summed E-state index contributed by atoms with van der Waals surface area (Å²) in [6.45, 7) is 0. The van der Waals surface area contributed by atoms with Crippen LogP contribution in [0.5, 0.6) is 0 Å². The second-order valence-corrected chi connectivity index (χ2v) is 4.18. The number of hydrogen-bond donors (Lipinski definition) is 0. The van der Waals surface area contributed by atoms with Gasteiger partial charge < -0.3 is 0 Å². The molecule has 0 aliphatic heterocycles. The molecule has 0 aliphatic carbocycles. The minimum absolute atomic E-state index is 5.60. The molecule has 0 aromatic carbocycles. The van der Waals surface area contributed by atoms with Crippen LogP contribution in [0.3, 0.4) is 0 Å². The third kappa shape index (κ3) is 3.17. The summed E-state index contributed by atoms with van der Waals surface area (Å²) in [4.78, 5) is 0. The Morgan fingerprint density at radius 1 is 0.360 bits per heavy atom. The fourth-order valence-electron chi connectivity index (χ4n) is 1.03. The van der Waals surface area contributed by atoms with Crippen LogP contribution in [0.2, 0.25) is 0 Å². The lowest BCUT2D eigenvalue weighted by molar-refractivity contribution is -0.427. The molecule has 0 rings (SSSR count). The average Bonchev–Trinajstić information content (AvgIpc) is 2.34. The highest BCUT2D eigenvalue weighted by Crippen LogP contribution is 2.62. The van der Waals surface area contributed by atoms with E-state index in [0.29, 0.717) is 0 Å². The van der Waals surface area contributed by atoms with Gasteiger partial charge in [0.05, 0.1) is 0 Å². The molecule has 25 heavy (non-hydrogen) atoms. The Morgan fingerprint density at radius 3 is 0.920 bits per heavy atom. The SMILES string of the molecule is F[C](C(F)(F)C(F)(F)F)C(F)(F)C(F)(F)C(F)(F)C(F)(F)C(F)(F)F. The predicted octanol–water partition coefficient (Wildman–Crippen LogP) is 5.79. The van der Waals surface area contributed by atoms with Gasteiger partial charge in [-0.3, -0.25) is 0 Å². The van der Waals surface area contributed by atoms with Crippen LogP contribution < -0.4 is 0 Å². The lowest BCUT2D eigenvalue weighted by Gasteiger charge is -2.39. The molecule has 17 heteroatoms. The van der Waals surface area contributed by atoms with Crippen molar-refractivity contribution in [3.63, 3.8) is 0 Å². The van der Waals surface area contributed by atoms with Gasteiger partial charge in [0.1, 0.15) is 0 Å². The summed E-state index contributed by atoms with van der Waals surface area (Å²) in [7, 11) is 0. The standard InChI is InChI=1S/C8F17/c9-1(3(12,13)7(20,21)22)2(10,11)4(14,15)5(16,17)6(18,19)8(23,24)25. The van der Waals surface area contributed by atoms with Crippen LogP contribution in [-0.4, -0.2) is 42.0 Å². The molecule has 0 bridgehead atoms. The van der Waals surface area contributed by atoms with Gasteiger partial charge in [-0.1, -0.05) is 0 Å². The smallest absolute Gasteiger partial charge is 0.226 e. The lowest BCUT2D eigenvalue weighted by Crippen LogP contribution is -2.68. The van der Waals surface area contributed by atoms with Crippen molar-refractivity contribution in [2.75, 3.05) is 0 Å². The van der Waals surface area contributed by atoms with Gasteiger partial charge in [-0.15, -0.1) is 0 Å². The highest BCUT2D eigenvalue weighted by atomic mass is 19.4. The van der Waals surface area contributed by atoms with Crippen molar-refractivity contribution < 1.29 is 74.6 Å². The van der Waals surface area contributed by atoms with Crippen LogP contribution in [0, 0.1) is 6.17 Å². The zero-order valence-electron chi connectivity index (χ0n) is 10.4. The highest BCUT2D eigenvalue weighted by molar-refractivity contribution is 5.18. The molecule has 0 heterocycles. The van der Waals surface area contributed by atoms with Crippen LogP contribution in [0.15, 0.2) is 0 Å². The Morgan fingerprint density at radius 2 is 0.680 bits per heavy atom. The molecule has 0 nitrogen and oxygen atoms in total. The summed E-state index contributed by atoms with van der Waals surface area (Å²) in [5.41, 5.74) is 0. The average molecular weight is 419 g/mol. The molecule has 0 unspecified atom stereocenters. The number of halogens is 17. The number of rotatable bonds is 5. The minimum Gasteiger partial charge on any atom is -0.226 e. The Kier molecular flexibility index (Phi) is 5.38. The van der Waals surface area contributed by atoms with Crippen molar-refractivity contribution in [3.05, 3.63) is 6.17 Å². The Hall–Kier alpha value is -1.19. The first kappa shape index (κ1) is 23.8. The van der Waals surface area contributed by atoms with E-state index in [-0.39, 0.29) is 0 Å². The third-order valence-corrected chi connectivity index (χ3v) is 2.45. The largest absolute Gasteiger partial charge is 0.460 e. The van der Waals surface area contributed by atoms with Gasteiger partial charge in [-0.05, 0) is 0 Å². The Balaban J connectivity index is 6.32. The lowest BCUT2D eigenvalue weighted by atomic mass is 9.92. The van der Waals surface area contributed by atoms with E-state index < -0.39 is 48.1 Å². The van der Waals surface area contributed by atoms with E-state index in [1.54, 1.807) is 0 Å². The molecule has 0 fully saturated rings. The molecule has 0 amide bonds. The van der Waals surface area contributed by atoms with E-state index in [0.717, 1.165) is 0 Å². The van der Waals surface area contributed by atoms with Gasteiger partial charge in [0.15, 0.2) is 0 Å². The van der Waals surface area contributed by atoms with Crippen molar-refractivity contribution >= 4 is 0 Å². The van der Waals surface area contributed by atoms with Crippen molar-refractivity contribution in [2.24, 2.45) is 0 Å². The maximum atomic E-state index is 12.7. The minimum atomic E-state index is -8.35. The Labute approximate surface area is 124 Å². The maximum absolute atomic E-state index is 12.7. The zero-order valence-corrected chi connectivity index (χ0v) is 10.4. The summed E-state index contributed by atoms with van der Waals surface area (Å²) in [6, 6.07) is 0. The molecule has 0 aliphatic rings. The molecule has 0 saturated heterocycles. The van der Waals surface area contributed by atoms with E-state index in [2.05, 4.69) is 0 Å². The van der Waals surface area contributed by atoms with E-state index >= 15 is 0 Å². The highest BCUT2D eigenvalue weighted by Gasteiger charge is 2.91. The van der Waals surface area contributed by atoms with Gasteiger partial charge in [0.2, 0.25) is 0 Å². The van der Waals surface area contributed by atoms with Crippen LogP contribution in [0.4, 0.5) is 74.6 Å². The summed E-state index contributed by atoms with van der Waals surface area (Å²) in [6.07, 6.45) is -20.7. The van der Waals surface area contributed by atoms with E-state index in [9.17, 15) is 74.6 Å². The first-order valence-corrected chi connectivity index (χ1v) is 4.96. The van der Waals surface area contributed by atoms with E-state index in [1.807, 2.05) is 0 Å². The molecule has 151 valence electrons. The van der Waals surface area contributed by atoms with Crippen LogP contribution in [-0.2, 0) is 0 Å². The molecule has 0 atom stereocenters. The van der Waals surface area contributed by atoms with Crippen LogP contribution in [0.1, 0.15) is 0 Å². The summed E-state index contributed by atoms with van der Waals surface area (Å²) in [5.74, 6) is -40.4. The normalized spacial score (nSPS) is 16.6. The quantitative estimate of drug-likeness (QED) is 0.495. The molecular formula is C8F17. The summed E-state index contributed by atoms with van der Waals surface area (Å²) >= 11 is 0. The number of alkyl halides is 16. The summed E-state index contributed by atoms with van der Waals surface area (Å²) in [5, 5.41) is 0. The maximum Gasteiger partial charge on any atom is 0.460 e. The summed E-state index contributed by atoms with van der Waals surface area (Å²) < 4.78 is 208. The first-order valence-electron chi connectivity index (χ1n) is 4.96. The molecule has 0 N–H and O–H groups in total. The van der Waals surface area contributed by atoms with Gasteiger partial charge in [-0.25, -0.2) is 4.39 Å². The van der Waals surface area contributed by atoms with Gasteiger partial charge in [-0.2, -0.15) is 70.2 Å². The van der Waals surface area contributed by atoms with Gasteiger partial charge in [0, 0.05) is 0 Å². The van der Waals surface area contributed by atoms with Crippen molar-refractivity contribution in [2.45, 2.75) is 42.0 Å². The van der Waals surface area contributed by atoms with Crippen LogP contribution in [0.25, 0.3) is 0 Å². The second-order valence-electron chi connectivity index (χ2n) is 4.18. The van der Waals surface area contributed by atoms with E-state index in [4.69, 9.17) is 0 Å². The van der Waals surface area contributed by atoms with E-state index in [1.165, 1.54) is 0 Å². The predicted molar refractivity (Wildman–Crippen MR) is 41.2 cm³/mol. The second kappa shape index (κ2) is 5.65. The molecule has 0 aromatic heterocycles. The Bertz CT molecular complexity index is 478. The fourth-order valence-corrected chi connectivity index (χ4v) is 1.03. The molecule has 1 radical (unpaired) electrons. The van der Waals surface area contributed by atoms with Gasteiger partial charge in [0.25, 0.3) is 6.17 Å². The topological polar surface area (TPSA) is 0 Å². The van der Waals surface area contributed by atoms with Gasteiger partial charge >= 0.3 is 42.0 Å². The monoisotopic (exact) mass is 419 g/mol. The molecule has 0 spiro atoms. The molecular weight excluding hydrogens is 419 g/mol. The molecule has 0 saturated carbocycles. The third-order valence-electron chi connectivity index (χ3n) is 2.45. The van der Waals surface area contributed by atoms with Crippen molar-refractivity contribution in [1.29, 1.82) is 0 Å². The number of hydrogen-bond acceptors (Lipinski definition) is 0. The fraction of sp³-hybridized carbons (Fsp3) is 0.875. The first-order chi connectivity index (χ1) is 10.4.